The quantitative estimate of drug-likeness (QED) is 0.743. The van der Waals surface area contributed by atoms with Gasteiger partial charge in [0.2, 0.25) is 0 Å². The van der Waals surface area contributed by atoms with Crippen molar-refractivity contribution in [2.75, 3.05) is 13.7 Å². The van der Waals surface area contributed by atoms with Gasteiger partial charge in [-0.05, 0) is 42.6 Å². The molecule has 3 nitrogen and oxygen atoms in total. The van der Waals surface area contributed by atoms with Gasteiger partial charge in [-0.15, -0.1) is 0 Å². The van der Waals surface area contributed by atoms with Crippen molar-refractivity contribution in [2.24, 2.45) is 5.73 Å². The summed E-state index contributed by atoms with van der Waals surface area (Å²) in [5.74, 6) is 0.886. The Hall–Kier alpha value is -1.84. The van der Waals surface area contributed by atoms with E-state index in [0.717, 1.165) is 31.7 Å². The molecule has 0 aliphatic carbocycles. The van der Waals surface area contributed by atoms with Crippen LogP contribution < -0.4 is 10.5 Å². The number of methoxy groups -OCH3 is 1. The second-order valence-electron chi connectivity index (χ2n) is 6.25. The fourth-order valence-electron chi connectivity index (χ4n) is 3.20. The molecule has 0 spiro atoms. The highest BCUT2D eigenvalue weighted by atomic mass is 16.5. The lowest BCUT2D eigenvalue weighted by Gasteiger charge is -2.36. The molecular formula is C21H30N2O. The molecule has 0 bridgehead atoms. The van der Waals surface area contributed by atoms with Gasteiger partial charge in [-0.2, -0.15) is 0 Å². The van der Waals surface area contributed by atoms with E-state index in [4.69, 9.17) is 10.5 Å². The lowest BCUT2D eigenvalue weighted by atomic mass is 9.95. The Kier molecular flexibility index (Phi) is 7.29. The summed E-state index contributed by atoms with van der Waals surface area (Å²) in [6, 6.07) is 19.2. The van der Waals surface area contributed by atoms with Crippen molar-refractivity contribution in [1.29, 1.82) is 0 Å². The number of hydrogen-bond donors (Lipinski definition) is 1. The molecular weight excluding hydrogens is 296 g/mol. The third-order valence-corrected chi connectivity index (χ3v) is 4.44. The zero-order chi connectivity index (χ0) is 17.4. The van der Waals surface area contributed by atoms with Gasteiger partial charge in [-0.3, -0.25) is 4.90 Å². The fourth-order valence-corrected chi connectivity index (χ4v) is 3.20. The Balaban J connectivity index is 2.34. The lowest BCUT2D eigenvalue weighted by molar-refractivity contribution is 0.160. The molecule has 2 aromatic carbocycles. The number of hydrogen-bond acceptors (Lipinski definition) is 3. The van der Waals surface area contributed by atoms with Crippen molar-refractivity contribution >= 4 is 0 Å². The van der Waals surface area contributed by atoms with E-state index < -0.39 is 0 Å². The van der Waals surface area contributed by atoms with Crippen molar-refractivity contribution in [3.8, 4) is 5.75 Å². The van der Waals surface area contributed by atoms with E-state index >= 15 is 0 Å². The molecule has 24 heavy (non-hydrogen) atoms. The zero-order valence-electron chi connectivity index (χ0n) is 15.1. The molecule has 2 unspecified atom stereocenters. The molecule has 2 aromatic rings. The molecule has 0 fully saturated rings. The maximum atomic E-state index is 6.54. The third-order valence-electron chi connectivity index (χ3n) is 4.44. The average molecular weight is 326 g/mol. The van der Waals surface area contributed by atoms with E-state index in [1.807, 2.05) is 6.07 Å². The predicted molar refractivity (Wildman–Crippen MR) is 101 cm³/mol. The van der Waals surface area contributed by atoms with Crippen LogP contribution in [0.3, 0.4) is 0 Å². The summed E-state index contributed by atoms with van der Waals surface area (Å²) in [5.41, 5.74) is 9.09. The van der Waals surface area contributed by atoms with Gasteiger partial charge in [0.05, 0.1) is 13.2 Å². The predicted octanol–water partition coefficient (Wildman–Crippen LogP) is 4.39. The van der Waals surface area contributed by atoms with Crippen LogP contribution in [0.1, 0.15) is 43.9 Å². The van der Waals surface area contributed by atoms with Gasteiger partial charge in [0.1, 0.15) is 5.75 Å². The maximum absolute atomic E-state index is 6.54. The number of ether oxygens (including phenoxy) is 1. The molecule has 0 saturated carbocycles. The second kappa shape index (κ2) is 9.45. The molecule has 2 rings (SSSR count). The minimum atomic E-state index is 0.0902. The van der Waals surface area contributed by atoms with Crippen LogP contribution >= 0.6 is 0 Å². The van der Waals surface area contributed by atoms with Crippen LogP contribution in [-0.2, 0) is 6.54 Å². The molecule has 0 aliphatic rings. The van der Waals surface area contributed by atoms with Crippen molar-refractivity contribution in [1.82, 2.24) is 4.90 Å². The van der Waals surface area contributed by atoms with Gasteiger partial charge in [0.25, 0.3) is 0 Å². The smallest absolute Gasteiger partial charge is 0.119 e. The molecule has 0 saturated heterocycles. The molecule has 0 amide bonds. The summed E-state index contributed by atoms with van der Waals surface area (Å²) >= 11 is 0. The summed E-state index contributed by atoms with van der Waals surface area (Å²) < 4.78 is 5.42. The van der Waals surface area contributed by atoms with Crippen LogP contribution in [0, 0.1) is 0 Å². The van der Waals surface area contributed by atoms with Gasteiger partial charge >= 0.3 is 0 Å². The summed E-state index contributed by atoms with van der Waals surface area (Å²) in [6.07, 6.45) is 2.04. The fraction of sp³-hybridized carbons (Fsp3) is 0.429. The van der Waals surface area contributed by atoms with Crippen molar-refractivity contribution in [3.63, 3.8) is 0 Å². The first kappa shape index (κ1) is 18.5. The molecule has 0 radical (unpaired) electrons. The van der Waals surface area contributed by atoms with Gasteiger partial charge in [-0.25, -0.2) is 0 Å². The number of nitrogens with two attached hydrogens (primary N) is 1. The van der Waals surface area contributed by atoms with Crippen LogP contribution in [0.5, 0.6) is 5.75 Å². The molecule has 2 atom stereocenters. The molecule has 0 aliphatic heterocycles. The molecule has 3 heteroatoms. The first-order valence-electron chi connectivity index (χ1n) is 8.87. The third kappa shape index (κ3) is 4.83. The second-order valence-corrected chi connectivity index (χ2v) is 6.25. The van der Waals surface area contributed by atoms with Crippen LogP contribution in [0.4, 0.5) is 0 Å². The minimum Gasteiger partial charge on any atom is -0.497 e. The summed E-state index contributed by atoms with van der Waals surface area (Å²) in [6.45, 7) is 6.30. The van der Waals surface area contributed by atoms with Gasteiger partial charge in [0, 0.05) is 12.6 Å². The van der Waals surface area contributed by atoms with Gasteiger partial charge in [-0.1, -0.05) is 56.3 Å². The van der Waals surface area contributed by atoms with Crippen molar-refractivity contribution < 1.29 is 4.74 Å². The monoisotopic (exact) mass is 326 g/mol. The summed E-state index contributed by atoms with van der Waals surface area (Å²) in [7, 11) is 1.71. The number of benzene rings is 2. The first-order chi connectivity index (χ1) is 11.7. The van der Waals surface area contributed by atoms with E-state index in [0.29, 0.717) is 0 Å². The van der Waals surface area contributed by atoms with E-state index in [2.05, 4.69) is 67.3 Å². The standard InChI is InChI=1S/C21H30N2O/c1-4-14-23(16-17-10-7-6-8-11-17)21(20(22)5-2)18-12-9-13-19(15-18)24-3/h6-13,15,20-21H,4-5,14,16,22H2,1-3H3. The van der Waals surface area contributed by atoms with Crippen LogP contribution in [-0.4, -0.2) is 24.6 Å². The number of rotatable bonds is 9. The zero-order valence-corrected chi connectivity index (χ0v) is 15.1. The first-order valence-corrected chi connectivity index (χ1v) is 8.87. The van der Waals surface area contributed by atoms with Crippen molar-refractivity contribution in [3.05, 3.63) is 65.7 Å². The van der Waals surface area contributed by atoms with Crippen LogP contribution in [0.2, 0.25) is 0 Å². The van der Waals surface area contributed by atoms with Gasteiger partial charge < -0.3 is 10.5 Å². The minimum absolute atomic E-state index is 0.0902. The molecule has 0 aromatic heterocycles. The number of nitrogens with zero attached hydrogens (tertiary/aromatic N) is 1. The van der Waals surface area contributed by atoms with E-state index in [-0.39, 0.29) is 12.1 Å². The highest BCUT2D eigenvalue weighted by Crippen LogP contribution is 2.29. The van der Waals surface area contributed by atoms with Gasteiger partial charge in [0.15, 0.2) is 0 Å². The Labute approximate surface area is 146 Å². The highest BCUT2D eigenvalue weighted by Gasteiger charge is 2.25. The topological polar surface area (TPSA) is 38.5 Å². The maximum Gasteiger partial charge on any atom is 0.119 e. The van der Waals surface area contributed by atoms with Crippen LogP contribution in [0.25, 0.3) is 0 Å². The lowest BCUT2D eigenvalue weighted by Crippen LogP contribution is -2.41. The largest absolute Gasteiger partial charge is 0.497 e. The molecule has 2 N–H and O–H groups in total. The highest BCUT2D eigenvalue weighted by molar-refractivity contribution is 5.31. The Morgan fingerprint density at radius 3 is 2.42 bits per heavy atom. The van der Waals surface area contributed by atoms with E-state index in [9.17, 15) is 0 Å². The normalized spacial score (nSPS) is 13.7. The summed E-state index contributed by atoms with van der Waals surface area (Å²) in [4.78, 5) is 2.50. The average Bonchev–Trinajstić information content (AvgIpc) is 2.63. The SMILES string of the molecule is CCCN(Cc1ccccc1)C(c1cccc(OC)c1)C(N)CC. The molecule has 0 heterocycles. The van der Waals surface area contributed by atoms with Crippen LogP contribution in [0.15, 0.2) is 54.6 Å². The van der Waals surface area contributed by atoms with Crippen molar-refractivity contribution in [2.45, 2.75) is 45.3 Å². The Morgan fingerprint density at radius 2 is 1.79 bits per heavy atom. The van der Waals surface area contributed by atoms with E-state index in [1.165, 1.54) is 11.1 Å². The molecule has 130 valence electrons. The summed E-state index contributed by atoms with van der Waals surface area (Å²) in [5, 5.41) is 0. The van der Waals surface area contributed by atoms with E-state index in [1.54, 1.807) is 7.11 Å². The Bertz CT molecular complexity index is 600. The Morgan fingerprint density at radius 1 is 1.04 bits per heavy atom.